The number of aliphatic imine (C=N–C) groups is 1. The van der Waals surface area contributed by atoms with Crippen LogP contribution in [0, 0.1) is 0 Å². The fraction of sp³-hybridized carbons (Fsp3) is 0.100. The molecule has 3 rings (SSSR count). The molecule has 0 fully saturated rings. The maximum absolute atomic E-state index is 12.6. The molecule has 0 saturated heterocycles. The minimum Gasteiger partial charge on any atom is -0.404 e. The van der Waals surface area contributed by atoms with Gasteiger partial charge in [0.05, 0.1) is 23.4 Å². The molecule has 0 bridgehead atoms. The van der Waals surface area contributed by atoms with Crippen molar-refractivity contribution < 1.29 is 18.0 Å². The van der Waals surface area contributed by atoms with Crippen molar-refractivity contribution in [2.45, 2.75) is 12.7 Å². The summed E-state index contributed by atoms with van der Waals surface area (Å²) in [4.78, 5) is 19.5. The summed E-state index contributed by atoms with van der Waals surface area (Å²) in [5.74, 6) is -0.473. The average molecular weight is 421 g/mol. The highest BCUT2D eigenvalue weighted by molar-refractivity contribution is 6.31. The molecular formula is C20H16ClF3N4O. The molecule has 1 amide bonds. The number of hydrogen-bond acceptors (Lipinski definition) is 3. The van der Waals surface area contributed by atoms with Gasteiger partial charge in [0.2, 0.25) is 0 Å². The normalized spacial score (nSPS) is 12.6. The summed E-state index contributed by atoms with van der Waals surface area (Å²) in [6.07, 6.45) is -0.370. The molecule has 1 aromatic heterocycles. The van der Waals surface area contributed by atoms with Crippen molar-refractivity contribution in [1.29, 1.82) is 0 Å². The van der Waals surface area contributed by atoms with Crippen LogP contribution < -0.4 is 11.1 Å². The summed E-state index contributed by atoms with van der Waals surface area (Å²) in [6.45, 7) is 0.105. The van der Waals surface area contributed by atoms with Crippen LogP contribution in [0.3, 0.4) is 0 Å². The fourth-order valence-electron chi connectivity index (χ4n) is 2.62. The molecule has 3 aromatic rings. The van der Waals surface area contributed by atoms with Gasteiger partial charge in [-0.3, -0.25) is 9.79 Å². The molecule has 2 aromatic carbocycles. The van der Waals surface area contributed by atoms with E-state index in [9.17, 15) is 18.0 Å². The predicted molar refractivity (Wildman–Crippen MR) is 108 cm³/mol. The molecule has 150 valence electrons. The summed E-state index contributed by atoms with van der Waals surface area (Å²) in [6, 6.07) is 9.86. The van der Waals surface area contributed by atoms with Crippen LogP contribution in [0.4, 0.5) is 18.9 Å². The number of carbonyl (C=O) groups excluding carboxylic acids is 1. The van der Waals surface area contributed by atoms with Crippen molar-refractivity contribution in [3.8, 4) is 0 Å². The zero-order valence-electron chi connectivity index (χ0n) is 14.9. The van der Waals surface area contributed by atoms with Gasteiger partial charge in [-0.05, 0) is 35.9 Å². The van der Waals surface area contributed by atoms with E-state index in [0.29, 0.717) is 16.3 Å². The lowest BCUT2D eigenvalue weighted by Gasteiger charge is -2.06. The van der Waals surface area contributed by atoms with Crippen LogP contribution in [0.15, 0.2) is 65.4 Å². The topological polar surface area (TPSA) is 83.3 Å². The van der Waals surface area contributed by atoms with Gasteiger partial charge in [-0.15, -0.1) is 0 Å². The van der Waals surface area contributed by atoms with Crippen molar-refractivity contribution in [2.75, 3.05) is 5.32 Å². The van der Waals surface area contributed by atoms with E-state index in [2.05, 4.69) is 15.3 Å². The van der Waals surface area contributed by atoms with Gasteiger partial charge in [0.25, 0.3) is 5.91 Å². The summed E-state index contributed by atoms with van der Waals surface area (Å²) in [5, 5.41) is 4.07. The van der Waals surface area contributed by atoms with Crippen molar-refractivity contribution in [2.24, 2.45) is 10.7 Å². The quantitative estimate of drug-likeness (QED) is 0.405. The van der Waals surface area contributed by atoms with Crippen LogP contribution in [-0.4, -0.2) is 17.1 Å². The molecule has 4 N–H and O–H groups in total. The van der Waals surface area contributed by atoms with Crippen molar-refractivity contribution in [3.63, 3.8) is 0 Å². The third-order valence-electron chi connectivity index (χ3n) is 4.12. The summed E-state index contributed by atoms with van der Waals surface area (Å²) in [5.41, 5.74) is 6.79. The van der Waals surface area contributed by atoms with E-state index in [-0.39, 0.29) is 12.1 Å². The zero-order valence-corrected chi connectivity index (χ0v) is 15.7. The number of benzene rings is 2. The average Bonchev–Trinajstić information content (AvgIpc) is 3.06. The summed E-state index contributed by atoms with van der Waals surface area (Å²) >= 11 is 5.94. The number of nitrogens with two attached hydrogens (primary N) is 1. The molecular weight excluding hydrogens is 405 g/mol. The number of aromatic nitrogens is 1. The Hall–Kier alpha value is -3.26. The Labute approximate surface area is 169 Å². The number of nitrogens with zero attached hydrogens (tertiary/aromatic N) is 1. The van der Waals surface area contributed by atoms with E-state index in [0.717, 1.165) is 29.2 Å². The number of aromatic amines is 1. The molecule has 0 atom stereocenters. The number of anilines is 1. The second kappa shape index (κ2) is 8.40. The van der Waals surface area contributed by atoms with Crippen molar-refractivity contribution in [3.05, 3.63) is 76.6 Å². The number of rotatable bonds is 5. The van der Waals surface area contributed by atoms with E-state index >= 15 is 0 Å². The number of fused-ring (bicyclic) bond motifs is 1. The number of alkyl halides is 3. The summed E-state index contributed by atoms with van der Waals surface area (Å²) in [7, 11) is 0. The standard InChI is InChI=1S/C20H16ClF3N4O/c21-15-5-6-16-17(7-15)27-11-18(16)28-19(29)13(8-25)10-26-9-12-1-3-14(4-2-12)20(22,23)24/h1-8,10-11,27H,9,25H2,(H,28,29). The monoisotopic (exact) mass is 420 g/mol. The van der Waals surface area contributed by atoms with E-state index in [1.165, 1.54) is 18.3 Å². The van der Waals surface area contributed by atoms with Gasteiger partial charge in [0.15, 0.2) is 0 Å². The van der Waals surface area contributed by atoms with Gasteiger partial charge < -0.3 is 16.0 Å². The van der Waals surface area contributed by atoms with E-state index in [1.54, 1.807) is 24.4 Å². The first-order chi connectivity index (χ1) is 13.8. The van der Waals surface area contributed by atoms with E-state index in [1.807, 2.05) is 0 Å². The molecule has 0 aliphatic rings. The van der Waals surface area contributed by atoms with Crippen LogP contribution in [0.2, 0.25) is 5.02 Å². The number of H-pyrrole nitrogens is 1. The fourth-order valence-corrected chi connectivity index (χ4v) is 2.79. The Morgan fingerprint density at radius 3 is 2.59 bits per heavy atom. The Kier molecular flexibility index (Phi) is 5.93. The van der Waals surface area contributed by atoms with Crippen LogP contribution in [0.5, 0.6) is 0 Å². The second-order valence-electron chi connectivity index (χ2n) is 6.13. The lowest BCUT2D eigenvalue weighted by atomic mass is 10.1. The molecule has 5 nitrogen and oxygen atoms in total. The van der Waals surface area contributed by atoms with Gasteiger partial charge in [-0.25, -0.2) is 0 Å². The Bertz CT molecular complexity index is 1090. The predicted octanol–water partition coefficient (Wildman–Crippen LogP) is 4.89. The molecule has 0 aliphatic carbocycles. The van der Waals surface area contributed by atoms with Crippen LogP contribution >= 0.6 is 11.6 Å². The van der Waals surface area contributed by atoms with Gasteiger partial charge in [-0.2, -0.15) is 13.2 Å². The molecule has 29 heavy (non-hydrogen) atoms. The molecule has 0 saturated carbocycles. The highest BCUT2D eigenvalue weighted by Crippen LogP contribution is 2.29. The first kappa shape index (κ1) is 20.5. The van der Waals surface area contributed by atoms with Gasteiger partial charge in [0, 0.05) is 34.5 Å². The second-order valence-corrected chi connectivity index (χ2v) is 6.57. The lowest BCUT2D eigenvalue weighted by Crippen LogP contribution is -2.16. The molecule has 1 heterocycles. The number of amides is 1. The highest BCUT2D eigenvalue weighted by atomic mass is 35.5. The van der Waals surface area contributed by atoms with Crippen molar-refractivity contribution >= 4 is 40.3 Å². The number of nitrogens with one attached hydrogen (secondary N) is 2. The molecule has 0 unspecified atom stereocenters. The Balaban J connectivity index is 1.65. The third kappa shape index (κ3) is 4.97. The number of carbonyl (C=O) groups is 1. The zero-order chi connectivity index (χ0) is 21.0. The Morgan fingerprint density at radius 2 is 1.93 bits per heavy atom. The van der Waals surface area contributed by atoms with Crippen LogP contribution in [-0.2, 0) is 17.5 Å². The number of hydrogen-bond donors (Lipinski definition) is 3. The highest BCUT2D eigenvalue weighted by Gasteiger charge is 2.29. The van der Waals surface area contributed by atoms with Crippen LogP contribution in [0.1, 0.15) is 11.1 Å². The minimum absolute atomic E-state index is 0.105. The van der Waals surface area contributed by atoms with Crippen LogP contribution in [0.25, 0.3) is 10.9 Å². The van der Waals surface area contributed by atoms with Gasteiger partial charge in [-0.1, -0.05) is 23.7 Å². The number of halogens is 4. The molecule has 9 heteroatoms. The lowest BCUT2D eigenvalue weighted by molar-refractivity contribution is -0.137. The largest absolute Gasteiger partial charge is 0.416 e. The Morgan fingerprint density at radius 1 is 1.21 bits per heavy atom. The smallest absolute Gasteiger partial charge is 0.404 e. The molecule has 0 aliphatic heterocycles. The van der Waals surface area contributed by atoms with Gasteiger partial charge in [0.1, 0.15) is 0 Å². The maximum atomic E-state index is 12.6. The van der Waals surface area contributed by atoms with Gasteiger partial charge >= 0.3 is 6.18 Å². The van der Waals surface area contributed by atoms with Crippen molar-refractivity contribution in [1.82, 2.24) is 4.98 Å². The minimum atomic E-state index is -4.39. The van der Waals surface area contributed by atoms with E-state index < -0.39 is 17.6 Å². The first-order valence-electron chi connectivity index (χ1n) is 8.44. The first-order valence-corrected chi connectivity index (χ1v) is 8.81. The summed E-state index contributed by atoms with van der Waals surface area (Å²) < 4.78 is 37.7. The third-order valence-corrected chi connectivity index (χ3v) is 4.35. The van der Waals surface area contributed by atoms with E-state index in [4.69, 9.17) is 17.3 Å². The maximum Gasteiger partial charge on any atom is 0.416 e. The molecule has 0 radical (unpaired) electrons. The SMILES string of the molecule is NC=C(C=NCc1ccc(C(F)(F)F)cc1)C(=O)Nc1c[nH]c2cc(Cl)ccc12. The molecule has 0 spiro atoms.